The lowest BCUT2D eigenvalue weighted by atomic mass is 10.1. The van der Waals surface area contributed by atoms with Crippen LogP contribution in [0.15, 0.2) is 30.6 Å². The van der Waals surface area contributed by atoms with Crippen molar-refractivity contribution in [2.75, 3.05) is 18.1 Å². The molecule has 0 radical (unpaired) electrons. The number of hydrogen-bond donors (Lipinski definition) is 0. The van der Waals surface area contributed by atoms with Gasteiger partial charge in [-0.1, -0.05) is 6.92 Å². The van der Waals surface area contributed by atoms with Crippen LogP contribution in [-0.4, -0.2) is 65.4 Å². The van der Waals surface area contributed by atoms with E-state index in [0.717, 1.165) is 0 Å². The maximum absolute atomic E-state index is 12.7. The lowest BCUT2D eigenvalue weighted by Crippen LogP contribution is -2.48. The molecule has 1 aliphatic heterocycles. The minimum atomic E-state index is -3.13. The van der Waals surface area contributed by atoms with Gasteiger partial charge in [-0.25, -0.2) is 13.2 Å². The molecule has 1 fully saturated rings. The number of hydrogen-bond acceptors (Lipinski definition) is 7. The van der Waals surface area contributed by atoms with Crippen molar-refractivity contribution in [1.29, 1.82) is 0 Å². The van der Waals surface area contributed by atoms with Gasteiger partial charge in [0.15, 0.2) is 16.4 Å². The minimum Gasteiger partial charge on any atom is -0.452 e. The summed E-state index contributed by atoms with van der Waals surface area (Å²) in [7, 11) is -3.13. The van der Waals surface area contributed by atoms with Crippen molar-refractivity contribution >= 4 is 32.7 Å². The molecule has 2 aromatic rings. The number of sulfone groups is 1. The average molecular weight is 405 g/mol. The Morgan fingerprint density at radius 2 is 1.96 bits per heavy atom. The molecule has 2 heterocycles. The molecular weight excluding hydrogens is 382 g/mol. The Balaban J connectivity index is 1.68. The zero-order valence-corrected chi connectivity index (χ0v) is 16.7. The monoisotopic (exact) mass is 405 g/mol. The number of fused-ring (bicyclic) bond motifs is 1. The van der Waals surface area contributed by atoms with Crippen LogP contribution in [0.5, 0.6) is 0 Å². The highest BCUT2D eigenvalue weighted by atomic mass is 32.2. The molecule has 3 rings (SSSR count). The van der Waals surface area contributed by atoms with Crippen LogP contribution >= 0.6 is 0 Å². The third-order valence-electron chi connectivity index (χ3n) is 4.99. The van der Waals surface area contributed by atoms with E-state index in [-0.39, 0.29) is 35.1 Å². The lowest BCUT2D eigenvalue weighted by molar-refractivity contribution is -0.138. The van der Waals surface area contributed by atoms with Crippen molar-refractivity contribution in [2.45, 2.75) is 38.8 Å². The Labute approximate surface area is 163 Å². The number of nitrogens with zero attached hydrogens (tertiary/aromatic N) is 3. The minimum absolute atomic E-state index is 0.0413. The number of esters is 1. The van der Waals surface area contributed by atoms with Gasteiger partial charge in [0.25, 0.3) is 5.91 Å². The smallest absolute Gasteiger partial charge is 0.338 e. The maximum Gasteiger partial charge on any atom is 0.338 e. The normalized spacial score (nSPS) is 19.3. The first-order valence-electron chi connectivity index (χ1n) is 9.20. The van der Waals surface area contributed by atoms with Gasteiger partial charge >= 0.3 is 5.97 Å². The van der Waals surface area contributed by atoms with Crippen LogP contribution in [0.25, 0.3) is 11.0 Å². The summed E-state index contributed by atoms with van der Waals surface area (Å²) in [6.45, 7) is 3.36. The molecule has 0 unspecified atom stereocenters. The fraction of sp³-hybridized carbons (Fsp3) is 0.474. The van der Waals surface area contributed by atoms with E-state index < -0.39 is 22.4 Å². The second-order valence-electron chi connectivity index (χ2n) is 6.95. The first kappa shape index (κ1) is 20.2. The number of benzene rings is 1. The van der Waals surface area contributed by atoms with Crippen molar-refractivity contribution in [1.82, 2.24) is 14.9 Å². The van der Waals surface area contributed by atoms with Crippen LogP contribution in [0.1, 0.15) is 37.0 Å². The lowest BCUT2D eigenvalue weighted by Gasteiger charge is -2.33. The van der Waals surface area contributed by atoms with E-state index in [1.54, 1.807) is 29.3 Å². The van der Waals surface area contributed by atoms with Crippen LogP contribution in [0.2, 0.25) is 0 Å². The van der Waals surface area contributed by atoms with Crippen molar-refractivity contribution in [3.63, 3.8) is 0 Å². The number of carbonyl (C=O) groups is 2. The highest BCUT2D eigenvalue weighted by Gasteiger charge is 2.36. The fourth-order valence-electron chi connectivity index (χ4n) is 3.38. The molecule has 2 atom stereocenters. The van der Waals surface area contributed by atoms with E-state index in [2.05, 4.69) is 9.97 Å². The summed E-state index contributed by atoms with van der Waals surface area (Å²) in [6, 6.07) is 4.28. The standard InChI is InChI=1S/C19H23N3O5S/c1-3-13(2)22(15-6-9-28(25,26)12-15)18(23)11-27-19(24)14-4-5-16-17(10-14)21-8-7-20-16/h4-5,7-8,10,13,15H,3,6,9,11-12H2,1-2H3/t13-,15-/m1/s1. The largest absolute Gasteiger partial charge is 0.452 e. The van der Waals surface area contributed by atoms with Gasteiger partial charge in [0.05, 0.1) is 28.1 Å². The highest BCUT2D eigenvalue weighted by Crippen LogP contribution is 2.21. The SMILES string of the molecule is CC[C@@H](C)N(C(=O)COC(=O)c1ccc2nccnc2c1)[C@@H]1CCS(=O)(=O)C1. The van der Waals surface area contributed by atoms with Gasteiger partial charge in [-0.05, 0) is 38.0 Å². The number of rotatable bonds is 6. The Morgan fingerprint density at radius 1 is 1.25 bits per heavy atom. The van der Waals surface area contributed by atoms with Crippen molar-refractivity contribution in [2.24, 2.45) is 0 Å². The van der Waals surface area contributed by atoms with Crippen molar-refractivity contribution in [3.8, 4) is 0 Å². The molecule has 1 aliphatic rings. The van der Waals surface area contributed by atoms with E-state index in [4.69, 9.17) is 4.74 Å². The molecule has 150 valence electrons. The Hall–Kier alpha value is -2.55. The van der Waals surface area contributed by atoms with Crippen molar-refractivity contribution < 1.29 is 22.7 Å². The molecular formula is C19H23N3O5S. The zero-order valence-electron chi connectivity index (χ0n) is 15.9. The van der Waals surface area contributed by atoms with Crippen LogP contribution in [0.3, 0.4) is 0 Å². The van der Waals surface area contributed by atoms with Crippen LogP contribution in [0.4, 0.5) is 0 Å². The second-order valence-corrected chi connectivity index (χ2v) is 9.18. The molecule has 9 heteroatoms. The first-order chi connectivity index (χ1) is 13.3. The van der Waals surface area contributed by atoms with Gasteiger partial charge < -0.3 is 9.64 Å². The van der Waals surface area contributed by atoms with Crippen LogP contribution in [-0.2, 0) is 19.4 Å². The van der Waals surface area contributed by atoms with Crippen LogP contribution in [0, 0.1) is 0 Å². The highest BCUT2D eigenvalue weighted by molar-refractivity contribution is 7.91. The van der Waals surface area contributed by atoms with Crippen molar-refractivity contribution in [3.05, 3.63) is 36.2 Å². The van der Waals surface area contributed by atoms with E-state index in [1.807, 2.05) is 13.8 Å². The topological polar surface area (TPSA) is 107 Å². The molecule has 1 aromatic heterocycles. The summed E-state index contributed by atoms with van der Waals surface area (Å²) < 4.78 is 28.8. The fourth-order valence-corrected chi connectivity index (χ4v) is 5.09. The number of amides is 1. The van der Waals surface area contributed by atoms with Gasteiger partial charge in [0.2, 0.25) is 0 Å². The Kier molecular flexibility index (Phi) is 5.93. The van der Waals surface area contributed by atoms with E-state index >= 15 is 0 Å². The summed E-state index contributed by atoms with van der Waals surface area (Å²) in [4.78, 5) is 34.9. The first-order valence-corrected chi connectivity index (χ1v) is 11.0. The molecule has 0 aliphatic carbocycles. The molecule has 0 saturated carbocycles. The predicted octanol–water partition coefficient (Wildman–Crippen LogP) is 1.60. The van der Waals surface area contributed by atoms with E-state index in [1.165, 1.54) is 6.20 Å². The van der Waals surface area contributed by atoms with Gasteiger partial charge in [0.1, 0.15) is 0 Å². The average Bonchev–Trinajstić information content (AvgIpc) is 3.04. The van der Waals surface area contributed by atoms with E-state index in [0.29, 0.717) is 23.9 Å². The summed E-state index contributed by atoms with van der Waals surface area (Å²) in [6.07, 6.45) is 4.18. The van der Waals surface area contributed by atoms with Crippen LogP contribution < -0.4 is 0 Å². The summed E-state index contributed by atoms with van der Waals surface area (Å²) in [5.41, 5.74) is 1.49. The molecule has 0 bridgehead atoms. The molecule has 0 spiro atoms. The quantitative estimate of drug-likeness (QED) is 0.672. The third-order valence-corrected chi connectivity index (χ3v) is 6.74. The summed E-state index contributed by atoms with van der Waals surface area (Å²) >= 11 is 0. The molecule has 8 nitrogen and oxygen atoms in total. The van der Waals surface area contributed by atoms with Gasteiger partial charge in [-0.2, -0.15) is 0 Å². The van der Waals surface area contributed by atoms with Gasteiger partial charge in [-0.15, -0.1) is 0 Å². The number of aromatic nitrogens is 2. The molecule has 28 heavy (non-hydrogen) atoms. The zero-order chi connectivity index (χ0) is 20.3. The Bertz CT molecular complexity index is 992. The maximum atomic E-state index is 12.7. The Morgan fingerprint density at radius 3 is 2.61 bits per heavy atom. The predicted molar refractivity (Wildman–Crippen MR) is 103 cm³/mol. The van der Waals surface area contributed by atoms with Gasteiger partial charge in [-0.3, -0.25) is 14.8 Å². The molecule has 0 N–H and O–H groups in total. The summed E-state index contributed by atoms with van der Waals surface area (Å²) in [5, 5.41) is 0. The molecule has 1 amide bonds. The number of ether oxygens (including phenoxy) is 1. The number of carbonyl (C=O) groups excluding carboxylic acids is 2. The molecule has 1 saturated heterocycles. The summed E-state index contributed by atoms with van der Waals surface area (Å²) in [5.74, 6) is -0.981. The van der Waals surface area contributed by atoms with Gasteiger partial charge in [0, 0.05) is 24.5 Å². The van der Waals surface area contributed by atoms with E-state index in [9.17, 15) is 18.0 Å². The second kappa shape index (κ2) is 8.22. The molecule has 1 aromatic carbocycles. The third kappa shape index (κ3) is 4.46.